The summed E-state index contributed by atoms with van der Waals surface area (Å²) in [6, 6.07) is 0. The van der Waals surface area contributed by atoms with E-state index in [2.05, 4.69) is 32.2 Å². The molecule has 0 saturated heterocycles. The van der Waals surface area contributed by atoms with Gasteiger partial charge < -0.3 is 9.79 Å². The third-order valence-electron chi connectivity index (χ3n) is 2.76. The van der Waals surface area contributed by atoms with Gasteiger partial charge in [-0.2, -0.15) is 0 Å². The van der Waals surface area contributed by atoms with E-state index in [4.69, 9.17) is 9.79 Å². The molecule has 0 aliphatic heterocycles. The molecule has 22 heavy (non-hydrogen) atoms. The topological polar surface area (TPSA) is 66.8 Å². The first kappa shape index (κ1) is 25.4. The SMILES string of the molecule is CCCCCCCCCCCCOP(=O)(O)O.C[C](C)(C)[Na]. The Morgan fingerprint density at radius 1 is 0.864 bits per heavy atom. The average molecular weight is 346 g/mol. The summed E-state index contributed by atoms with van der Waals surface area (Å²) in [5, 5.41) is 0. The van der Waals surface area contributed by atoms with E-state index >= 15 is 0 Å². The van der Waals surface area contributed by atoms with Crippen LogP contribution in [-0.4, -0.2) is 44.3 Å². The van der Waals surface area contributed by atoms with Gasteiger partial charge in [0.2, 0.25) is 0 Å². The summed E-state index contributed by atoms with van der Waals surface area (Å²) in [4.78, 5) is 16.9. The molecule has 0 heterocycles. The molecule has 0 atom stereocenters. The van der Waals surface area contributed by atoms with Crippen LogP contribution in [0.1, 0.15) is 91.9 Å². The molecule has 0 bridgehead atoms. The summed E-state index contributed by atoms with van der Waals surface area (Å²) in [5.41, 5.74) is 0. The summed E-state index contributed by atoms with van der Waals surface area (Å²) < 4.78 is 15.4. The third kappa shape index (κ3) is 37.4. The van der Waals surface area contributed by atoms with E-state index in [9.17, 15) is 4.57 Å². The van der Waals surface area contributed by atoms with Gasteiger partial charge in [-0.1, -0.05) is 64.7 Å². The summed E-state index contributed by atoms with van der Waals surface area (Å²) in [5.74, 6) is 0. The molecule has 0 saturated carbocycles. The van der Waals surface area contributed by atoms with Crippen LogP contribution >= 0.6 is 7.82 Å². The van der Waals surface area contributed by atoms with E-state index in [0.717, 1.165) is 19.3 Å². The van der Waals surface area contributed by atoms with Gasteiger partial charge in [0.1, 0.15) is 0 Å². The zero-order valence-electron chi connectivity index (χ0n) is 15.4. The van der Waals surface area contributed by atoms with Crippen LogP contribution in [0, 0.1) is 0 Å². The van der Waals surface area contributed by atoms with E-state index in [1.54, 1.807) is 0 Å². The Balaban J connectivity index is 0. The molecule has 0 amide bonds. The van der Waals surface area contributed by atoms with Gasteiger partial charge in [-0.25, -0.2) is 4.57 Å². The van der Waals surface area contributed by atoms with Crippen molar-refractivity contribution in [2.75, 3.05) is 6.61 Å². The van der Waals surface area contributed by atoms with Gasteiger partial charge in [0.05, 0.1) is 6.61 Å². The predicted octanol–water partition coefficient (Wildman–Crippen LogP) is 5.39. The Bertz CT molecular complexity index is 268. The predicted molar refractivity (Wildman–Crippen MR) is 95.3 cm³/mol. The van der Waals surface area contributed by atoms with Crippen molar-refractivity contribution in [3.05, 3.63) is 0 Å². The van der Waals surface area contributed by atoms with Crippen LogP contribution < -0.4 is 0 Å². The van der Waals surface area contributed by atoms with Crippen LogP contribution in [0.25, 0.3) is 0 Å². The Morgan fingerprint density at radius 3 is 1.50 bits per heavy atom. The van der Waals surface area contributed by atoms with Crippen molar-refractivity contribution in [1.29, 1.82) is 0 Å². The molecule has 0 aromatic carbocycles. The number of phosphoric ester groups is 1. The van der Waals surface area contributed by atoms with Crippen molar-refractivity contribution in [2.45, 2.75) is 94.6 Å². The van der Waals surface area contributed by atoms with E-state index in [1.807, 2.05) is 0 Å². The minimum atomic E-state index is -4.24. The second-order valence-electron chi connectivity index (χ2n) is 7.51. The van der Waals surface area contributed by atoms with Crippen LogP contribution in [0.4, 0.5) is 0 Å². The molecule has 0 aliphatic carbocycles. The van der Waals surface area contributed by atoms with Gasteiger partial charge in [0.15, 0.2) is 0 Å². The zero-order valence-corrected chi connectivity index (χ0v) is 18.3. The molecular weight excluding hydrogens is 310 g/mol. The van der Waals surface area contributed by atoms with Gasteiger partial charge in [-0.05, 0) is 6.42 Å². The van der Waals surface area contributed by atoms with Gasteiger partial charge in [-0.3, -0.25) is 4.52 Å². The van der Waals surface area contributed by atoms with Gasteiger partial charge >= 0.3 is 59.2 Å². The number of rotatable bonds is 12. The van der Waals surface area contributed by atoms with Crippen LogP contribution in [0.5, 0.6) is 0 Å². The van der Waals surface area contributed by atoms with E-state index in [0.29, 0.717) is 2.66 Å². The molecule has 0 aromatic rings. The maximum atomic E-state index is 10.4. The monoisotopic (exact) mass is 346 g/mol. The van der Waals surface area contributed by atoms with E-state index in [-0.39, 0.29) is 6.61 Å². The molecule has 6 heteroatoms. The summed E-state index contributed by atoms with van der Waals surface area (Å²) in [6.07, 6.45) is 12.0. The standard InChI is InChI=1S/C12H27O4P.C4H9.Na/c1-2-3-4-5-6-7-8-9-10-11-12-16-17(13,14)15;1-4(2)3;/h2-12H2,1H3,(H2,13,14,15);1-3H3;. The molecule has 0 spiro atoms. The molecule has 0 fully saturated rings. The first-order valence-electron chi connectivity index (χ1n) is 8.76. The summed E-state index contributed by atoms with van der Waals surface area (Å²) in [6.45, 7) is 9.14. The van der Waals surface area contributed by atoms with Crippen LogP contribution in [0.2, 0.25) is 2.66 Å². The van der Waals surface area contributed by atoms with Gasteiger partial charge in [0.25, 0.3) is 0 Å². The molecule has 0 unspecified atom stereocenters. The molecule has 130 valence electrons. The fourth-order valence-electron chi connectivity index (χ4n) is 1.77. The quantitative estimate of drug-likeness (QED) is 0.282. The number of hydrogen-bond donors (Lipinski definition) is 2. The number of unbranched alkanes of at least 4 members (excludes halogenated alkanes) is 9. The second kappa shape index (κ2) is 15.6. The van der Waals surface area contributed by atoms with Crippen molar-refractivity contribution in [1.82, 2.24) is 0 Å². The Labute approximate surface area is 155 Å². The van der Waals surface area contributed by atoms with Gasteiger partial charge in [-0.15, -0.1) is 0 Å². The zero-order chi connectivity index (χ0) is 17.5. The average Bonchev–Trinajstić information content (AvgIpc) is 2.32. The first-order chi connectivity index (χ1) is 10.1. The minimum absolute atomic E-state index is 0.167. The molecule has 0 radical (unpaired) electrons. The second-order valence-corrected chi connectivity index (χ2v) is 11.7. The molecule has 2 N–H and O–H groups in total. The van der Waals surface area contributed by atoms with Crippen LogP contribution in [0.3, 0.4) is 0 Å². The Kier molecular flexibility index (Phi) is 18.0. The number of phosphoric acid groups is 1. The Morgan fingerprint density at radius 2 is 1.18 bits per heavy atom. The summed E-state index contributed by atoms with van der Waals surface area (Å²) in [7, 11) is -4.24. The van der Waals surface area contributed by atoms with E-state index < -0.39 is 7.82 Å². The summed E-state index contributed by atoms with van der Waals surface area (Å²) >= 11 is 1.31. The molecule has 0 aromatic heterocycles. The normalized spacial score (nSPS) is 12.0. The number of hydrogen-bond acceptors (Lipinski definition) is 2. The Hall–Kier alpha value is 1.11. The van der Waals surface area contributed by atoms with Gasteiger partial charge in [0, 0.05) is 0 Å². The molecule has 0 rings (SSSR count). The van der Waals surface area contributed by atoms with Crippen molar-refractivity contribution in [2.24, 2.45) is 0 Å². The van der Waals surface area contributed by atoms with Crippen molar-refractivity contribution in [3.63, 3.8) is 0 Å². The van der Waals surface area contributed by atoms with Crippen molar-refractivity contribution >= 4 is 35.8 Å². The third-order valence-corrected chi connectivity index (χ3v) is 3.28. The fourth-order valence-corrected chi connectivity index (χ4v) is 2.14. The van der Waals surface area contributed by atoms with Crippen molar-refractivity contribution < 1.29 is 18.9 Å². The molecule has 0 aliphatic rings. The van der Waals surface area contributed by atoms with Crippen LogP contribution in [0.15, 0.2) is 0 Å². The first-order valence-corrected chi connectivity index (χ1v) is 11.3. The molecular formula is C16H36NaO4P. The maximum absolute atomic E-state index is 10.4. The van der Waals surface area contributed by atoms with E-state index in [1.165, 1.54) is 72.9 Å². The van der Waals surface area contributed by atoms with Crippen molar-refractivity contribution in [3.8, 4) is 0 Å². The van der Waals surface area contributed by atoms with Crippen LogP contribution in [-0.2, 0) is 9.09 Å². The molecule has 4 nitrogen and oxygen atoms in total. The fraction of sp³-hybridized carbons (Fsp3) is 1.00.